The maximum atomic E-state index is 8.79. The van der Waals surface area contributed by atoms with Gasteiger partial charge < -0.3 is 5.73 Å². The lowest BCUT2D eigenvalue weighted by atomic mass is 10.0. The van der Waals surface area contributed by atoms with Crippen molar-refractivity contribution in [2.24, 2.45) is 0 Å². The van der Waals surface area contributed by atoms with E-state index in [0.717, 1.165) is 22.4 Å². The van der Waals surface area contributed by atoms with Crippen molar-refractivity contribution in [1.29, 1.82) is 5.26 Å². The van der Waals surface area contributed by atoms with Crippen LogP contribution in [-0.2, 0) is 0 Å². The Labute approximate surface area is 94.2 Å². The second-order valence-corrected chi connectivity index (χ2v) is 3.65. The molecule has 0 unspecified atom stereocenters. The van der Waals surface area contributed by atoms with Gasteiger partial charge in [0.15, 0.2) is 0 Å². The summed E-state index contributed by atoms with van der Waals surface area (Å²) in [5.74, 6) is 0. The van der Waals surface area contributed by atoms with E-state index in [9.17, 15) is 0 Å². The van der Waals surface area contributed by atoms with Crippen LogP contribution in [0.2, 0.25) is 0 Å². The summed E-state index contributed by atoms with van der Waals surface area (Å²) in [7, 11) is 0. The molecule has 16 heavy (non-hydrogen) atoms. The zero-order valence-corrected chi connectivity index (χ0v) is 8.94. The van der Waals surface area contributed by atoms with Gasteiger partial charge in [0, 0.05) is 23.6 Å². The van der Waals surface area contributed by atoms with E-state index in [-0.39, 0.29) is 0 Å². The van der Waals surface area contributed by atoms with Gasteiger partial charge in [0.25, 0.3) is 0 Å². The zero-order valence-electron chi connectivity index (χ0n) is 8.94. The van der Waals surface area contributed by atoms with Crippen molar-refractivity contribution in [2.75, 3.05) is 5.73 Å². The van der Waals surface area contributed by atoms with Crippen molar-refractivity contribution in [3.05, 3.63) is 47.8 Å². The van der Waals surface area contributed by atoms with Crippen LogP contribution in [0.15, 0.2) is 36.7 Å². The molecule has 1 heterocycles. The number of hydrogen-bond donors (Lipinski definition) is 1. The molecule has 0 saturated heterocycles. The van der Waals surface area contributed by atoms with Crippen LogP contribution in [0.3, 0.4) is 0 Å². The van der Waals surface area contributed by atoms with Crippen LogP contribution < -0.4 is 5.73 Å². The normalized spacial score (nSPS) is 9.75. The van der Waals surface area contributed by atoms with Gasteiger partial charge >= 0.3 is 0 Å². The number of rotatable bonds is 1. The maximum Gasteiger partial charge on any atom is 0.101 e. The molecule has 2 rings (SSSR count). The van der Waals surface area contributed by atoms with Crippen LogP contribution in [-0.4, -0.2) is 4.98 Å². The standard InChI is InChI=1S/C13H11N3/c1-9-2-3-11(5-13(9)15)12-4-10(6-14)7-16-8-12/h2-5,7-8H,15H2,1H3. The first-order chi connectivity index (χ1) is 7.70. The minimum Gasteiger partial charge on any atom is -0.398 e. The van der Waals surface area contributed by atoms with E-state index < -0.39 is 0 Å². The summed E-state index contributed by atoms with van der Waals surface area (Å²) in [6, 6.07) is 9.71. The monoisotopic (exact) mass is 209 g/mol. The first-order valence-electron chi connectivity index (χ1n) is 4.92. The molecule has 0 radical (unpaired) electrons. The molecule has 1 aromatic heterocycles. The Morgan fingerprint density at radius 3 is 2.69 bits per heavy atom. The number of anilines is 1. The Hall–Kier alpha value is -2.34. The number of aromatic nitrogens is 1. The molecule has 0 bridgehead atoms. The molecule has 0 amide bonds. The third kappa shape index (κ3) is 1.86. The molecule has 0 spiro atoms. The van der Waals surface area contributed by atoms with Gasteiger partial charge in [-0.15, -0.1) is 0 Å². The fraction of sp³-hybridized carbons (Fsp3) is 0.0769. The molecule has 2 N–H and O–H groups in total. The molecule has 2 aromatic rings. The molecule has 0 saturated carbocycles. The van der Waals surface area contributed by atoms with Crippen molar-refractivity contribution >= 4 is 5.69 Å². The fourth-order valence-electron chi connectivity index (χ4n) is 1.48. The van der Waals surface area contributed by atoms with Crippen molar-refractivity contribution in [3.63, 3.8) is 0 Å². The molecule has 3 heteroatoms. The van der Waals surface area contributed by atoms with Crippen LogP contribution in [0.1, 0.15) is 11.1 Å². The molecular formula is C13H11N3. The highest BCUT2D eigenvalue weighted by Gasteiger charge is 2.01. The van der Waals surface area contributed by atoms with Gasteiger partial charge in [-0.1, -0.05) is 12.1 Å². The largest absolute Gasteiger partial charge is 0.398 e. The van der Waals surface area contributed by atoms with Crippen LogP contribution in [0.5, 0.6) is 0 Å². The number of pyridine rings is 1. The summed E-state index contributed by atoms with van der Waals surface area (Å²) in [4.78, 5) is 4.02. The first-order valence-corrected chi connectivity index (χ1v) is 4.92. The Morgan fingerprint density at radius 2 is 2.00 bits per heavy atom. The second kappa shape index (κ2) is 4.03. The van der Waals surface area contributed by atoms with Gasteiger partial charge in [-0.2, -0.15) is 5.26 Å². The molecule has 78 valence electrons. The van der Waals surface area contributed by atoms with Gasteiger partial charge in [-0.3, -0.25) is 4.98 Å². The number of benzene rings is 1. The van der Waals surface area contributed by atoms with Gasteiger partial charge in [0.05, 0.1) is 5.56 Å². The van der Waals surface area contributed by atoms with Gasteiger partial charge in [0.2, 0.25) is 0 Å². The van der Waals surface area contributed by atoms with E-state index in [0.29, 0.717) is 5.56 Å². The first kappa shape index (κ1) is 10.2. The quantitative estimate of drug-likeness (QED) is 0.734. The van der Waals surface area contributed by atoms with Gasteiger partial charge in [-0.05, 0) is 30.2 Å². The predicted octanol–water partition coefficient (Wildman–Crippen LogP) is 2.51. The van der Waals surface area contributed by atoms with E-state index in [1.807, 2.05) is 25.1 Å². The maximum absolute atomic E-state index is 8.79. The summed E-state index contributed by atoms with van der Waals surface area (Å²) in [6.07, 6.45) is 3.27. The second-order valence-electron chi connectivity index (χ2n) is 3.65. The molecule has 0 aliphatic carbocycles. The lowest BCUT2D eigenvalue weighted by Gasteiger charge is -2.05. The van der Waals surface area contributed by atoms with E-state index in [2.05, 4.69) is 11.1 Å². The number of aryl methyl sites for hydroxylation is 1. The summed E-state index contributed by atoms with van der Waals surface area (Å²) < 4.78 is 0. The molecule has 0 fully saturated rings. The van der Waals surface area contributed by atoms with Gasteiger partial charge in [-0.25, -0.2) is 0 Å². The average Bonchev–Trinajstić information content (AvgIpc) is 2.33. The lowest BCUT2D eigenvalue weighted by molar-refractivity contribution is 1.30. The minimum absolute atomic E-state index is 0.552. The topological polar surface area (TPSA) is 62.7 Å². The number of nitrogens with two attached hydrogens (primary N) is 1. The van der Waals surface area contributed by atoms with E-state index in [4.69, 9.17) is 11.0 Å². The summed E-state index contributed by atoms with van der Waals surface area (Å²) in [5, 5.41) is 8.79. The third-order valence-corrected chi connectivity index (χ3v) is 2.48. The summed E-state index contributed by atoms with van der Waals surface area (Å²) in [5.41, 5.74) is 10.1. The van der Waals surface area contributed by atoms with Crippen molar-refractivity contribution in [3.8, 4) is 17.2 Å². The summed E-state index contributed by atoms with van der Waals surface area (Å²) >= 11 is 0. The lowest BCUT2D eigenvalue weighted by Crippen LogP contribution is -1.90. The van der Waals surface area contributed by atoms with Crippen molar-refractivity contribution in [2.45, 2.75) is 6.92 Å². The highest BCUT2D eigenvalue weighted by atomic mass is 14.6. The molecular weight excluding hydrogens is 198 g/mol. The highest BCUT2D eigenvalue weighted by molar-refractivity contribution is 5.69. The average molecular weight is 209 g/mol. The zero-order chi connectivity index (χ0) is 11.5. The Morgan fingerprint density at radius 1 is 1.19 bits per heavy atom. The van der Waals surface area contributed by atoms with Crippen molar-refractivity contribution in [1.82, 2.24) is 4.98 Å². The van der Waals surface area contributed by atoms with Crippen LogP contribution in [0.4, 0.5) is 5.69 Å². The highest BCUT2D eigenvalue weighted by Crippen LogP contribution is 2.23. The minimum atomic E-state index is 0.552. The van der Waals surface area contributed by atoms with Gasteiger partial charge in [0.1, 0.15) is 6.07 Å². The van der Waals surface area contributed by atoms with Crippen LogP contribution in [0.25, 0.3) is 11.1 Å². The SMILES string of the molecule is Cc1ccc(-c2cncc(C#N)c2)cc1N. The molecule has 0 aliphatic rings. The number of nitrogens with zero attached hydrogens (tertiary/aromatic N) is 2. The molecule has 0 atom stereocenters. The van der Waals surface area contributed by atoms with Crippen LogP contribution in [0, 0.1) is 18.3 Å². The third-order valence-electron chi connectivity index (χ3n) is 2.48. The Kier molecular flexibility index (Phi) is 2.57. The van der Waals surface area contributed by atoms with E-state index in [1.54, 1.807) is 18.5 Å². The Balaban J connectivity index is 2.51. The van der Waals surface area contributed by atoms with Crippen LogP contribution >= 0.6 is 0 Å². The number of nitriles is 1. The van der Waals surface area contributed by atoms with E-state index in [1.165, 1.54) is 0 Å². The summed E-state index contributed by atoms with van der Waals surface area (Å²) in [6.45, 7) is 1.96. The van der Waals surface area contributed by atoms with Crippen molar-refractivity contribution < 1.29 is 0 Å². The predicted molar refractivity (Wildman–Crippen MR) is 63.5 cm³/mol. The number of hydrogen-bond acceptors (Lipinski definition) is 3. The number of nitrogen functional groups attached to an aromatic ring is 1. The van der Waals surface area contributed by atoms with E-state index >= 15 is 0 Å². The molecule has 1 aromatic carbocycles. The smallest absolute Gasteiger partial charge is 0.101 e. The fourth-order valence-corrected chi connectivity index (χ4v) is 1.48. The molecule has 0 aliphatic heterocycles. The Bertz CT molecular complexity index is 568. The molecule has 3 nitrogen and oxygen atoms in total.